The number of nitro benzene ring substituents is 1. The van der Waals surface area contributed by atoms with Crippen LogP contribution in [0.3, 0.4) is 0 Å². The van der Waals surface area contributed by atoms with E-state index in [1.807, 2.05) is 18.2 Å². The van der Waals surface area contributed by atoms with Crippen LogP contribution in [0.5, 0.6) is 5.75 Å². The minimum Gasteiger partial charge on any atom is -0.506 e. The van der Waals surface area contributed by atoms with Crippen LogP contribution in [0, 0.1) is 10.1 Å². The van der Waals surface area contributed by atoms with E-state index in [9.17, 15) is 20.3 Å². The maximum absolute atomic E-state index is 10.8. The van der Waals surface area contributed by atoms with Crippen molar-refractivity contribution in [2.45, 2.75) is 19.2 Å². The number of para-hydroxylation sites is 1. The summed E-state index contributed by atoms with van der Waals surface area (Å²) in [5.41, 5.74) is 0.970. The fourth-order valence-electron chi connectivity index (χ4n) is 2.40. The molecule has 1 heterocycles. The lowest BCUT2D eigenvalue weighted by Gasteiger charge is -2.20. The first kappa shape index (κ1) is 16.5. The molecule has 0 amide bonds. The zero-order valence-electron chi connectivity index (χ0n) is 13.2. The van der Waals surface area contributed by atoms with Gasteiger partial charge in [0.05, 0.1) is 16.3 Å². The molecule has 128 valence electrons. The lowest BCUT2D eigenvalue weighted by atomic mass is 10.2. The van der Waals surface area contributed by atoms with Crippen LogP contribution in [0.1, 0.15) is 6.92 Å². The molecule has 0 fully saturated rings. The van der Waals surface area contributed by atoms with Crippen LogP contribution in [-0.4, -0.2) is 33.1 Å². The Bertz CT molecular complexity index is 853. The number of phenolic OH excluding ortho intramolecular Hbond substituents is 1. The van der Waals surface area contributed by atoms with Crippen molar-refractivity contribution in [1.29, 1.82) is 0 Å². The molecule has 0 saturated heterocycles. The number of hydrogen-bond acceptors (Lipinski definition) is 8. The number of azo groups is 1. The lowest BCUT2D eigenvalue weighted by Crippen LogP contribution is -2.35. The SMILES string of the molecule is CC1=NN(c2ccccc2)C(O)C1N=Nc1cc([N+](=O)[O-])ccc1O. The number of nitrogens with zero attached hydrogens (tertiary/aromatic N) is 5. The predicted octanol–water partition coefficient (Wildman–Crippen LogP) is 2.97. The molecule has 0 saturated carbocycles. The Balaban J connectivity index is 1.84. The van der Waals surface area contributed by atoms with Crippen molar-refractivity contribution >= 4 is 22.8 Å². The van der Waals surface area contributed by atoms with Gasteiger partial charge >= 0.3 is 0 Å². The quantitative estimate of drug-likeness (QED) is 0.502. The predicted molar refractivity (Wildman–Crippen MR) is 91.1 cm³/mol. The minimum absolute atomic E-state index is 0.0487. The summed E-state index contributed by atoms with van der Waals surface area (Å²) in [5.74, 6) is -0.239. The Labute approximate surface area is 142 Å². The highest BCUT2D eigenvalue weighted by molar-refractivity contribution is 5.91. The van der Waals surface area contributed by atoms with Crippen LogP contribution in [0.15, 0.2) is 63.9 Å². The van der Waals surface area contributed by atoms with E-state index in [0.717, 1.165) is 6.07 Å². The molecule has 2 aromatic carbocycles. The number of aliphatic hydroxyl groups excluding tert-OH is 1. The molecule has 1 aliphatic heterocycles. The zero-order chi connectivity index (χ0) is 18.0. The van der Waals surface area contributed by atoms with E-state index >= 15 is 0 Å². The first-order chi connectivity index (χ1) is 12.0. The normalized spacial score (nSPS) is 20.1. The lowest BCUT2D eigenvalue weighted by molar-refractivity contribution is -0.384. The van der Waals surface area contributed by atoms with Gasteiger partial charge in [0.2, 0.25) is 0 Å². The molecule has 2 N–H and O–H groups in total. The van der Waals surface area contributed by atoms with Gasteiger partial charge in [-0.25, -0.2) is 5.01 Å². The molecule has 0 bridgehead atoms. The summed E-state index contributed by atoms with van der Waals surface area (Å²) < 4.78 is 0. The molecule has 0 aromatic heterocycles. The van der Waals surface area contributed by atoms with Crippen LogP contribution in [0.4, 0.5) is 17.1 Å². The third-order valence-electron chi connectivity index (χ3n) is 3.71. The third-order valence-corrected chi connectivity index (χ3v) is 3.71. The Kier molecular flexibility index (Phi) is 4.40. The summed E-state index contributed by atoms with van der Waals surface area (Å²) in [6.45, 7) is 1.70. The smallest absolute Gasteiger partial charge is 0.271 e. The maximum Gasteiger partial charge on any atom is 0.271 e. The van der Waals surface area contributed by atoms with Gasteiger partial charge in [-0.1, -0.05) is 18.2 Å². The van der Waals surface area contributed by atoms with Gasteiger partial charge in [0.1, 0.15) is 11.4 Å². The topological polar surface area (TPSA) is 124 Å². The molecule has 1 aliphatic rings. The molecule has 2 unspecified atom stereocenters. The summed E-state index contributed by atoms with van der Waals surface area (Å²) in [5, 5.41) is 44.6. The average molecular weight is 341 g/mol. The van der Waals surface area contributed by atoms with Gasteiger partial charge in [0, 0.05) is 12.1 Å². The number of hydrogen-bond donors (Lipinski definition) is 2. The van der Waals surface area contributed by atoms with Crippen molar-refractivity contribution in [3.63, 3.8) is 0 Å². The average Bonchev–Trinajstić information content (AvgIpc) is 2.89. The molecule has 0 radical (unpaired) electrons. The zero-order valence-corrected chi connectivity index (χ0v) is 13.2. The van der Waals surface area contributed by atoms with Gasteiger partial charge in [0.25, 0.3) is 5.69 Å². The molecule has 3 rings (SSSR count). The number of hydrazone groups is 1. The molecule has 0 aliphatic carbocycles. The van der Waals surface area contributed by atoms with E-state index in [-0.39, 0.29) is 17.1 Å². The highest BCUT2D eigenvalue weighted by atomic mass is 16.6. The standard InChI is InChI=1S/C16H15N5O4/c1-10-15(16(23)20(19-10)11-5-3-2-4-6-11)18-17-13-9-12(21(24)25)7-8-14(13)22/h2-9,15-16,22-23H,1H3. The Morgan fingerprint density at radius 1 is 1.24 bits per heavy atom. The van der Waals surface area contributed by atoms with Crippen LogP contribution in [-0.2, 0) is 0 Å². The molecule has 2 atom stereocenters. The molecule has 9 nitrogen and oxygen atoms in total. The van der Waals surface area contributed by atoms with Crippen molar-refractivity contribution < 1.29 is 15.1 Å². The van der Waals surface area contributed by atoms with Gasteiger partial charge in [-0.05, 0) is 25.1 Å². The van der Waals surface area contributed by atoms with Crippen molar-refractivity contribution in [3.8, 4) is 5.75 Å². The third kappa shape index (κ3) is 3.31. The number of non-ortho nitro benzene ring substituents is 1. The Morgan fingerprint density at radius 3 is 2.64 bits per heavy atom. The van der Waals surface area contributed by atoms with Crippen molar-refractivity contribution in [2.75, 3.05) is 5.01 Å². The van der Waals surface area contributed by atoms with Crippen LogP contribution >= 0.6 is 0 Å². The second-order valence-electron chi connectivity index (χ2n) is 5.43. The summed E-state index contributed by atoms with van der Waals surface area (Å²) in [4.78, 5) is 10.2. The monoisotopic (exact) mass is 341 g/mol. The first-order valence-corrected chi connectivity index (χ1v) is 7.43. The van der Waals surface area contributed by atoms with E-state index in [2.05, 4.69) is 15.3 Å². The van der Waals surface area contributed by atoms with Gasteiger partial charge in [-0.2, -0.15) is 15.3 Å². The summed E-state index contributed by atoms with van der Waals surface area (Å²) in [7, 11) is 0. The molecular formula is C16H15N5O4. The number of anilines is 1. The highest BCUT2D eigenvalue weighted by Crippen LogP contribution is 2.32. The Morgan fingerprint density at radius 2 is 1.96 bits per heavy atom. The van der Waals surface area contributed by atoms with E-state index in [1.165, 1.54) is 17.1 Å². The van der Waals surface area contributed by atoms with Crippen LogP contribution < -0.4 is 5.01 Å². The number of rotatable bonds is 4. The second kappa shape index (κ2) is 6.65. The van der Waals surface area contributed by atoms with E-state index in [0.29, 0.717) is 11.4 Å². The van der Waals surface area contributed by atoms with Gasteiger partial charge in [-0.3, -0.25) is 10.1 Å². The minimum atomic E-state index is -1.06. The van der Waals surface area contributed by atoms with E-state index in [1.54, 1.807) is 19.1 Å². The van der Waals surface area contributed by atoms with E-state index in [4.69, 9.17) is 0 Å². The number of phenols is 1. The Hall–Kier alpha value is -3.33. The maximum atomic E-state index is 10.8. The summed E-state index contributed by atoms with van der Waals surface area (Å²) >= 11 is 0. The molecular weight excluding hydrogens is 326 g/mol. The van der Waals surface area contributed by atoms with Crippen LogP contribution in [0.25, 0.3) is 0 Å². The molecule has 2 aromatic rings. The summed E-state index contributed by atoms with van der Waals surface area (Å²) in [6.07, 6.45) is -1.06. The van der Waals surface area contributed by atoms with E-state index < -0.39 is 17.2 Å². The largest absolute Gasteiger partial charge is 0.506 e. The van der Waals surface area contributed by atoms with Gasteiger partial charge in [0.15, 0.2) is 12.3 Å². The highest BCUT2D eigenvalue weighted by Gasteiger charge is 2.34. The molecule has 25 heavy (non-hydrogen) atoms. The number of benzene rings is 2. The van der Waals surface area contributed by atoms with Crippen molar-refractivity contribution in [3.05, 3.63) is 58.6 Å². The van der Waals surface area contributed by atoms with Gasteiger partial charge < -0.3 is 10.2 Å². The summed E-state index contributed by atoms with van der Waals surface area (Å²) in [6, 6.07) is 11.8. The number of nitro groups is 1. The fraction of sp³-hybridized carbons (Fsp3) is 0.188. The fourth-order valence-corrected chi connectivity index (χ4v) is 2.40. The van der Waals surface area contributed by atoms with Crippen molar-refractivity contribution in [2.24, 2.45) is 15.3 Å². The first-order valence-electron chi connectivity index (χ1n) is 7.43. The van der Waals surface area contributed by atoms with Gasteiger partial charge in [-0.15, -0.1) is 0 Å². The van der Waals surface area contributed by atoms with Crippen LogP contribution in [0.2, 0.25) is 0 Å². The number of aliphatic hydroxyl groups is 1. The molecule has 9 heteroatoms. The number of aromatic hydroxyl groups is 1. The van der Waals surface area contributed by atoms with Crippen molar-refractivity contribution in [1.82, 2.24) is 0 Å². The molecule has 0 spiro atoms. The second-order valence-corrected chi connectivity index (χ2v) is 5.43.